The van der Waals surface area contributed by atoms with Gasteiger partial charge in [0.1, 0.15) is 11.5 Å². The molecule has 1 unspecified atom stereocenters. The third kappa shape index (κ3) is 5.77. The SMILES string of the molecule is COc1ccc(NC(=O)CC(C)NCCc2ccccc2C)c(OC)c1. The van der Waals surface area contributed by atoms with Gasteiger partial charge in [0.2, 0.25) is 5.91 Å². The predicted octanol–water partition coefficient (Wildman–Crippen LogP) is 3.56. The summed E-state index contributed by atoms with van der Waals surface area (Å²) in [4.78, 5) is 12.3. The van der Waals surface area contributed by atoms with Crippen LogP contribution in [0.3, 0.4) is 0 Å². The third-order valence-electron chi connectivity index (χ3n) is 4.32. The number of rotatable bonds is 9. The van der Waals surface area contributed by atoms with Gasteiger partial charge in [0.05, 0.1) is 19.9 Å². The predicted molar refractivity (Wildman–Crippen MR) is 105 cm³/mol. The summed E-state index contributed by atoms with van der Waals surface area (Å²) in [5, 5.41) is 6.31. The van der Waals surface area contributed by atoms with Crippen molar-refractivity contribution < 1.29 is 14.3 Å². The minimum atomic E-state index is -0.0515. The zero-order valence-electron chi connectivity index (χ0n) is 16.0. The maximum atomic E-state index is 12.3. The lowest BCUT2D eigenvalue weighted by atomic mass is 10.1. The summed E-state index contributed by atoms with van der Waals surface area (Å²) in [6, 6.07) is 13.8. The van der Waals surface area contributed by atoms with Crippen molar-refractivity contribution in [3.05, 3.63) is 53.6 Å². The van der Waals surface area contributed by atoms with Crippen LogP contribution in [0, 0.1) is 6.92 Å². The van der Waals surface area contributed by atoms with Crippen molar-refractivity contribution in [2.45, 2.75) is 32.7 Å². The van der Waals surface area contributed by atoms with Crippen molar-refractivity contribution in [1.29, 1.82) is 0 Å². The standard InChI is InChI=1S/C21H28N2O3/c1-15-7-5-6-8-17(15)11-12-22-16(2)13-21(24)23-19-10-9-18(25-3)14-20(19)26-4/h5-10,14,16,22H,11-13H2,1-4H3,(H,23,24). The Hall–Kier alpha value is -2.53. The molecular formula is C21H28N2O3. The molecule has 0 radical (unpaired) electrons. The smallest absolute Gasteiger partial charge is 0.226 e. The number of ether oxygens (including phenoxy) is 2. The van der Waals surface area contributed by atoms with Gasteiger partial charge < -0.3 is 20.1 Å². The highest BCUT2D eigenvalue weighted by atomic mass is 16.5. The Morgan fingerprint density at radius 2 is 1.88 bits per heavy atom. The average molecular weight is 356 g/mol. The van der Waals surface area contributed by atoms with Crippen molar-refractivity contribution >= 4 is 11.6 Å². The molecule has 0 saturated heterocycles. The van der Waals surface area contributed by atoms with Gasteiger partial charge in [-0.1, -0.05) is 24.3 Å². The maximum Gasteiger partial charge on any atom is 0.226 e. The van der Waals surface area contributed by atoms with E-state index in [-0.39, 0.29) is 11.9 Å². The lowest BCUT2D eigenvalue weighted by Gasteiger charge is -2.16. The first-order valence-electron chi connectivity index (χ1n) is 8.83. The molecule has 0 aliphatic carbocycles. The summed E-state index contributed by atoms with van der Waals surface area (Å²) in [6.07, 6.45) is 1.34. The van der Waals surface area contributed by atoms with Gasteiger partial charge >= 0.3 is 0 Å². The van der Waals surface area contributed by atoms with Gasteiger partial charge in [-0.2, -0.15) is 0 Å². The van der Waals surface area contributed by atoms with Crippen molar-refractivity contribution in [3.63, 3.8) is 0 Å². The largest absolute Gasteiger partial charge is 0.497 e. The normalized spacial score (nSPS) is 11.7. The minimum absolute atomic E-state index is 0.0515. The zero-order valence-corrected chi connectivity index (χ0v) is 16.0. The Kier molecular flexibility index (Phi) is 7.48. The third-order valence-corrected chi connectivity index (χ3v) is 4.32. The summed E-state index contributed by atoms with van der Waals surface area (Å²) in [6.45, 7) is 4.97. The lowest BCUT2D eigenvalue weighted by Crippen LogP contribution is -2.32. The number of carbonyl (C=O) groups excluding carboxylic acids is 1. The fraction of sp³-hybridized carbons (Fsp3) is 0.381. The number of hydrogen-bond acceptors (Lipinski definition) is 4. The molecule has 0 heterocycles. The summed E-state index contributed by atoms with van der Waals surface area (Å²) < 4.78 is 10.5. The molecule has 26 heavy (non-hydrogen) atoms. The van der Waals surface area contributed by atoms with E-state index in [2.05, 4.69) is 35.8 Å². The molecule has 0 aliphatic rings. The molecule has 5 heteroatoms. The summed E-state index contributed by atoms with van der Waals surface area (Å²) in [7, 11) is 3.16. The number of anilines is 1. The molecule has 0 saturated carbocycles. The second-order valence-corrected chi connectivity index (χ2v) is 6.35. The summed E-state index contributed by atoms with van der Waals surface area (Å²) in [5.74, 6) is 1.22. The van der Waals surface area contributed by atoms with Crippen LogP contribution in [0.1, 0.15) is 24.5 Å². The molecule has 0 aliphatic heterocycles. The molecule has 0 aromatic heterocycles. The van der Waals surface area contributed by atoms with E-state index in [4.69, 9.17) is 9.47 Å². The second kappa shape index (κ2) is 9.82. The topological polar surface area (TPSA) is 59.6 Å². The quantitative estimate of drug-likeness (QED) is 0.721. The molecular weight excluding hydrogens is 328 g/mol. The van der Waals surface area contributed by atoms with E-state index >= 15 is 0 Å². The van der Waals surface area contributed by atoms with Gasteiger partial charge in [-0.05, 0) is 50.1 Å². The summed E-state index contributed by atoms with van der Waals surface area (Å²) >= 11 is 0. The molecule has 0 spiro atoms. The fourth-order valence-corrected chi connectivity index (χ4v) is 2.80. The number of benzene rings is 2. The second-order valence-electron chi connectivity index (χ2n) is 6.35. The highest BCUT2D eigenvalue weighted by Crippen LogP contribution is 2.29. The van der Waals surface area contributed by atoms with E-state index in [9.17, 15) is 4.79 Å². The summed E-state index contributed by atoms with van der Waals surface area (Å²) in [5.41, 5.74) is 3.27. The Morgan fingerprint density at radius 3 is 2.58 bits per heavy atom. The first-order chi connectivity index (χ1) is 12.5. The van der Waals surface area contributed by atoms with Crippen LogP contribution >= 0.6 is 0 Å². The molecule has 1 amide bonds. The van der Waals surface area contributed by atoms with Crippen LogP contribution in [0.25, 0.3) is 0 Å². The molecule has 2 rings (SSSR count). The van der Waals surface area contributed by atoms with E-state index in [1.165, 1.54) is 11.1 Å². The van der Waals surface area contributed by atoms with Gasteiger partial charge in [-0.3, -0.25) is 4.79 Å². The van der Waals surface area contributed by atoms with Crippen LogP contribution in [0.5, 0.6) is 11.5 Å². The van der Waals surface area contributed by atoms with Crippen LogP contribution in [0.2, 0.25) is 0 Å². The van der Waals surface area contributed by atoms with Gasteiger partial charge in [0, 0.05) is 18.5 Å². The van der Waals surface area contributed by atoms with Crippen LogP contribution in [0.15, 0.2) is 42.5 Å². The van der Waals surface area contributed by atoms with Gasteiger partial charge in [0.25, 0.3) is 0 Å². The Balaban J connectivity index is 1.81. The minimum Gasteiger partial charge on any atom is -0.497 e. The van der Waals surface area contributed by atoms with Crippen LogP contribution in [0.4, 0.5) is 5.69 Å². The molecule has 0 bridgehead atoms. The van der Waals surface area contributed by atoms with Crippen LogP contribution < -0.4 is 20.1 Å². The molecule has 2 N–H and O–H groups in total. The van der Waals surface area contributed by atoms with E-state index in [0.29, 0.717) is 23.6 Å². The van der Waals surface area contributed by atoms with Crippen molar-refractivity contribution in [1.82, 2.24) is 5.32 Å². The highest BCUT2D eigenvalue weighted by molar-refractivity contribution is 5.92. The van der Waals surface area contributed by atoms with Gasteiger partial charge in [-0.25, -0.2) is 0 Å². The zero-order chi connectivity index (χ0) is 18.9. The first-order valence-corrected chi connectivity index (χ1v) is 8.83. The molecule has 1 atom stereocenters. The molecule has 0 fully saturated rings. The maximum absolute atomic E-state index is 12.3. The highest BCUT2D eigenvalue weighted by Gasteiger charge is 2.12. The van der Waals surface area contributed by atoms with Gasteiger partial charge in [-0.15, -0.1) is 0 Å². The molecule has 5 nitrogen and oxygen atoms in total. The van der Waals surface area contributed by atoms with Crippen molar-refractivity contribution in [3.8, 4) is 11.5 Å². The molecule has 2 aromatic carbocycles. The number of methoxy groups -OCH3 is 2. The average Bonchev–Trinajstić information content (AvgIpc) is 2.63. The molecule has 2 aromatic rings. The number of carbonyl (C=O) groups is 1. The number of hydrogen-bond donors (Lipinski definition) is 2. The number of aryl methyl sites for hydroxylation is 1. The van der Waals surface area contributed by atoms with Gasteiger partial charge in [0.15, 0.2) is 0 Å². The Bertz CT molecular complexity index is 731. The van der Waals surface area contributed by atoms with E-state index in [1.807, 2.05) is 13.0 Å². The van der Waals surface area contributed by atoms with E-state index in [0.717, 1.165) is 13.0 Å². The molecule has 140 valence electrons. The lowest BCUT2D eigenvalue weighted by molar-refractivity contribution is -0.116. The van der Waals surface area contributed by atoms with Crippen molar-refractivity contribution in [2.75, 3.05) is 26.1 Å². The van der Waals surface area contributed by atoms with Crippen molar-refractivity contribution in [2.24, 2.45) is 0 Å². The van der Waals surface area contributed by atoms with E-state index < -0.39 is 0 Å². The Morgan fingerprint density at radius 1 is 1.12 bits per heavy atom. The monoisotopic (exact) mass is 356 g/mol. The number of nitrogens with one attached hydrogen (secondary N) is 2. The first kappa shape index (κ1) is 19.8. The Labute approximate surface area is 155 Å². The van der Waals surface area contributed by atoms with Crippen LogP contribution in [-0.4, -0.2) is 32.7 Å². The van der Waals surface area contributed by atoms with E-state index in [1.54, 1.807) is 32.4 Å². The van der Waals surface area contributed by atoms with Crippen LogP contribution in [-0.2, 0) is 11.2 Å². The fourth-order valence-electron chi connectivity index (χ4n) is 2.80. The number of amides is 1.